The maximum Gasteiger partial charge on any atom is 0.165 e. The summed E-state index contributed by atoms with van der Waals surface area (Å²) in [5.41, 5.74) is 4.15. The van der Waals surface area contributed by atoms with Gasteiger partial charge < -0.3 is 9.47 Å². The summed E-state index contributed by atoms with van der Waals surface area (Å²) >= 11 is 0. The van der Waals surface area contributed by atoms with Gasteiger partial charge >= 0.3 is 0 Å². The molecular formula is C20H19N5. The first kappa shape index (κ1) is 15.3. The van der Waals surface area contributed by atoms with Gasteiger partial charge in [0, 0.05) is 20.1 Å². The van der Waals surface area contributed by atoms with Gasteiger partial charge in [-0.1, -0.05) is 60.7 Å². The molecule has 0 fully saturated rings. The normalized spacial score (nSPS) is 10.9. The van der Waals surface area contributed by atoms with Crippen LogP contribution in [0.25, 0.3) is 11.2 Å². The van der Waals surface area contributed by atoms with E-state index in [9.17, 15) is 0 Å². The van der Waals surface area contributed by atoms with Gasteiger partial charge in [-0.05, 0) is 11.1 Å². The fraction of sp³-hybridized carbons (Fsp3) is 0.150. The number of nitrogens with zero attached hydrogens (tertiary/aromatic N) is 5. The first-order valence-corrected chi connectivity index (χ1v) is 8.26. The van der Waals surface area contributed by atoms with Crippen molar-refractivity contribution in [2.24, 2.45) is 7.05 Å². The zero-order chi connectivity index (χ0) is 17.1. The van der Waals surface area contributed by atoms with Crippen molar-refractivity contribution in [1.29, 1.82) is 0 Å². The highest BCUT2D eigenvalue weighted by molar-refractivity contribution is 5.83. The third kappa shape index (κ3) is 3.21. The molecule has 0 saturated heterocycles. The number of imidazole rings is 1. The maximum absolute atomic E-state index is 4.55. The lowest BCUT2D eigenvalue weighted by Crippen LogP contribution is -2.23. The molecule has 124 valence electrons. The fourth-order valence-electron chi connectivity index (χ4n) is 2.98. The Balaban J connectivity index is 1.76. The van der Waals surface area contributed by atoms with Crippen LogP contribution in [0.1, 0.15) is 11.1 Å². The summed E-state index contributed by atoms with van der Waals surface area (Å²) in [6.45, 7) is 1.52. The minimum Gasteiger partial charge on any atom is -0.346 e. The topological polar surface area (TPSA) is 46.8 Å². The SMILES string of the molecule is Cn1cnc2c(N(Cc3ccccc3)Cc3ccccc3)ncnc21. The molecule has 25 heavy (non-hydrogen) atoms. The maximum atomic E-state index is 4.55. The summed E-state index contributed by atoms with van der Waals surface area (Å²) in [7, 11) is 1.95. The number of rotatable bonds is 5. The van der Waals surface area contributed by atoms with Gasteiger partial charge in [-0.2, -0.15) is 0 Å². The minimum atomic E-state index is 0.762. The molecule has 0 aliphatic carbocycles. The van der Waals surface area contributed by atoms with Crippen LogP contribution in [0.3, 0.4) is 0 Å². The Morgan fingerprint density at radius 1 is 0.800 bits per heavy atom. The molecule has 4 rings (SSSR count). The van der Waals surface area contributed by atoms with Gasteiger partial charge in [-0.25, -0.2) is 15.0 Å². The molecule has 4 aromatic rings. The lowest BCUT2D eigenvalue weighted by atomic mass is 10.1. The average Bonchev–Trinajstić information content (AvgIpc) is 3.04. The number of fused-ring (bicyclic) bond motifs is 1. The van der Waals surface area contributed by atoms with Crippen molar-refractivity contribution in [2.75, 3.05) is 4.90 Å². The Hall–Kier alpha value is -3.21. The summed E-state index contributed by atoms with van der Waals surface area (Å²) in [4.78, 5) is 15.7. The van der Waals surface area contributed by atoms with Gasteiger partial charge in [0.15, 0.2) is 17.0 Å². The Bertz CT molecular complexity index is 922. The molecule has 5 nitrogen and oxygen atoms in total. The second kappa shape index (κ2) is 6.73. The Morgan fingerprint density at radius 3 is 2.00 bits per heavy atom. The molecule has 0 unspecified atom stereocenters. The zero-order valence-electron chi connectivity index (χ0n) is 14.1. The number of hydrogen-bond acceptors (Lipinski definition) is 4. The number of hydrogen-bond donors (Lipinski definition) is 0. The molecule has 0 saturated carbocycles. The van der Waals surface area contributed by atoms with E-state index in [0.717, 1.165) is 30.1 Å². The van der Waals surface area contributed by atoms with Crippen molar-refractivity contribution in [2.45, 2.75) is 13.1 Å². The summed E-state index contributed by atoms with van der Waals surface area (Å²) in [5.74, 6) is 0.860. The molecule has 0 atom stereocenters. The first-order chi connectivity index (χ1) is 12.3. The van der Waals surface area contributed by atoms with Gasteiger partial charge in [0.25, 0.3) is 0 Å². The molecular weight excluding hydrogens is 310 g/mol. The molecule has 0 aliphatic heterocycles. The smallest absolute Gasteiger partial charge is 0.165 e. The monoisotopic (exact) mass is 329 g/mol. The molecule has 0 bridgehead atoms. The zero-order valence-corrected chi connectivity index (χ0v) is 14.1. The fourth-order valence-corrected chi connectivity index (χ4v) is 2.98. The predicted octanol–water partition coefficient (Wildman–Crippen LogP) is 3.57. The number of benzene rings is 2. The van der Waals surface area contributed by atoms with Gasteiger partial charge in [0.05, 0.1) is 6.33 Å². The van der Waals surface area contributed by atoms with Crippen molar-refractivity contribution in [3.05, 3.63) is 84.4 Å². The average molecular weight is 329 g/mol. The molecule has 0 amide bonds. The van der Waals surface area contributed by atoms with E-state index in [2.05, 4.69) is 68.4 Å². The third-order valence-electron chi connectivity index (χ3n) is 4.21. The first-order valence-electron chi connectivity index (χ1n) is 8.26. The predicted molar refractivity (Wildman–Crippen MR) is 99.1 cm³/mol. The third-order valence-corrected chi connectivity index (χ3v) is 4.21. The summed E-state index contributed by atoms with van der Waals surface area (Å²) in [6.07, 6.45) is 3.40. The van der Waals surface area contributed by atoms with Crippen molar-refractivity contribution >= 4 is 17.0 Å². The molecule has 0 spiro atoms. The van der Waals surface area contributed by atoms with Crippen LogP contribution < -0.4 is 4.90 Å². The molecule has 5 heteroatoms. The largest absolute Gasteiger partial charge is 0.346 e. The lowest BCUT2D eigenvalue weighted by Gasteiger charge is -2.24. The van der Waals surface area contributed by atoms with Crippen LogP contribution in [0.15, 0.2) is 73.3 Å². The van der Waals surface area contributed by atoms with Gasteiger partial charge in [-0.15, -0.1) is 0 Å². The molecule has 0 aliphatic rings. The van der Waals surface area contributed by atoms with Crippen molar-refractivity contribution in [3.63, 3.8) is 0 Å². The van der Waals surface area contributed by atoms with E-state index in [0.29, 0.717) is 0 Å². The van der Waals surface area contributed by atoms with E-state index in [1.165, 1.54) is 11.1 Å². The van der Waals surface area contributed by atoms with Crippen LogP contribution in [0.2, 0.25) is 0 Å². The standard InChI is InChI=1S/C20H19N5/c1-24-15-23-18-19(24)21-14-22-20(18)25(12-16-8-4-2-5-9-16)13-17-10-6-3-7-11-17/h2-11,14-15H,12-13H2,1H3. The second-order valence-electron chi connectivity index (χ2n) is 6.05. The van der Waals surface area contributed by atoms with Crippen molar-refractivity contribution in [1.82, 2.24) is 19.5 Å². The highest BCUT2D eigenvalue weighted by Gasteiger charge is 2.16. The molecule has 0 N–H and O–H groups in total. The van der Waals surface area contributed by atoms with Crippen LogP contribution >= 0.6 is 0 Å². The summed E-state index contributed by atoms with van der Waals surface area (Å²) in [5, 5.41) is 0. The molecule has 0 radical (unpaired) electrons. The number of aryl methyl sites for hydroxylation is 1. The minimum absolute atomic E-state index is 0.762. The van der Waals surface area contributed by atoms with E-state index in [1.54, 1.807) is 12.7 Å². The van der Waals surface area contributed by atoms with Crippen LogP contribution in [-0.2, 0) is 20.1 Å². The molecule has 2 aromatic heterocycles. The van der Waals surface area contributed by atoms with Gasteiger partial charge in [-0.3, -0.25) is 0 Å². The highest BCUT2D eigenvalue weighted by Crippen LogP contribution is 2.24. The van der Waals surface area contributed by atoms with Crippen molar-refractivity contribution < 1.29 is 0 Å². The van der Waals surface area contributed by atoms with E-state index >= 15 is 0 Å². The number of anilines is 1. The summed E-state index contributed by atoms with van der Waals surface area (Å²) in [6, 6.07) is 20.9. The molecule has 2 aromatic carbocycles. The van der Waals surface area contributed by atoms with E-state index in [-0.39, 0.29) is 0 Å². The Morgan fingerprint density at radius 2 is 1.40 bits per heavy atom. The van der Waals surface area contributed by atoms with Crippen LogP contribution in [0.4, 0.5) is 5.82 Å². The van der Waals surface area contributed by atoms with Crippen LogP contribution in [0, 0.1) is 0 Å². The Labute approximate surface area is 146 Å². The second-order valence-corrected chi connectivity index (χ2v) is 6.05. The lowest BCUT2D eigenvalue weighted by molar-refractivity contribution is 0.784. The van der Waals surface area contributed by atoms with Gasteiger partial charge in [0.1, 0.15) is 6.33 Å². The quantitative estimate of drug-likeness (QED) is 0.561. The number of aromatic nitrogens is 4. The van der Waals surface area contributed by atoms with Crippen LogP contribution in [0.5, 0.6) is 0 Å². The highest BCUT2D eigenvalue weighted by atomic mass is 15.2. The summed E-state index contributed by atoms with van der Waals surface area (Å²) < 4.78 is 1.92. The van der Waals surface area contributed by atoms with Crippen LogP contribution in [-0.4, -0.2) is 19.5 Å². The van der Waals surface area contributed by atoms with E-state index in [4.69, 9.17) is 0 Å². The molecule has 2 heterocycles. The van der Waals surface area contributed by atoms with Crippen molar-refractivity contribution in [3.8, 4) is 0 Å². The van der Waals surface area contributed by atoms with E-state index in [1.807, 2.05) is 23.7 Å². The van der Waals surface area contributed by atoms with E-state index < -0.39 is 0 Å². The Kier molecular flexibility index (Phi) is 4.12. The van der Waals surface area contributed by atoms with Gasteiger partial charge in [0.2, 0.25) is 0 Å².